The molecule has 14 heteroatoms. The molecule has 166 valence electrons. The molecule has 0 radical (unpaired) electrons. The Balaban J connectivity index is 3.41. The third kappa shape index (κ3) is 4.56. The topological polar surface area (TPSA) is 35.5 Å². The molecule has 29 heavy (non-hydrogen) atoms. The number of carbonyl (C=O) groups excluding carboxylic acids is 1. The van der Waals surface area contributed by atoms with Crippen LogP contribution in [0.25, 0.3) is 0 Å². The second kappa shape index (κ2) is 7.29. The Bertz CT molecular complexity index is 783. The second-order valence-corrected chi connectivity index (χ2v) is 5.88. The van der Waals surface area contributed by atoms with Crippen LogP contribution in [0.3, 0.4) is 0 Å². The molecule has 0 bridgehead atoms. The highest BCUT2D eigenvalue weighted by Gasteiger charge is 2.80. The molecule has 1 rings (SSSR count). The quantitative estimate of drug-likeness (QED) is 0.337. The first kappa shape index (κ1) is 24.9. The number of alkyl halides is 11. The second-order valence-electron chi connectivity index (χ2n) is 5.88. The van der Waals surface area contributed by atoms with Gasteiger partial charge in [-0.15, -0.1) is 0 Å². The summed E-state index contributed by atoms with van der Waals surface area (Å²) in [6.45, 7) is 3.89. The van der Waals surface area contributed by atoms with Crippen LogP contribution in [0.2, 0.25) is 0 Å². The minimum absolute atomic E-state index is 0.0687. The summed E-state index contributed by atoms with van der Waals surface area (Å²) in [5.74, 6) is -17.7. The predicted octanol–water partition coefficient (Wildman–Crippen LogP) is 5.55. The number of hydrogen-bond donors (Lipinski definition) is 0. The van der Waals surface area contributed by atoms with Crippen molar-refractivity contribution in [2.45, 2.75) is 51.0 Å². The number of esters is 1. The lowest BCUT2D eigenvalue weighted by Gasteiger charge is -2.33. The Kier molecular flexibility index (Phi) is 6.26. The van der Waals surface area contributed by atoms with E-state index in [0.29, 0.717) is 5.56 Å². The minimum Gasteiger partial charge on any atom is -0.422 e. The number of aryl methyl sites for hydroxylation is 2. The third-order valence-corrected chi connectivity index (χ3v) is 3.58. The Labute approximate surface area is 155 Å². The van der Waals surface area contributed by atoms with Crippen LogP contribution in [0.15, 0.2) is 12.1 Å². The number of rotatable bonds is 5. The van der Waals surface area contributed by atoms with Gasteiger partial charge in [-0.2, -0.15) is 48.3 Å². The maximum Gasteiger partial charge on any atom is 0.462 e. The van der Waals surface area contributed by atoms with E-state index in [1.54, 1.807) is 0 Å². The number of ether oxygens (including phenoxy) is 2. The molecule has 0 spiro atoms. The average Bonchev–Trinajstić information content (AvgIpc) is 2.49. The maximum atomic E-state index is 14.1. The van der Waals surface area contributed by atoms with E-state index in [9.17, 15) is 53.1 Å². The van der Waals surface area contributed by atoms with Crippen LogP contribution in [0.4, 0.5) is 48.3 Å². The van der Waals surface area contributed by atoms with Gasteiger partial charge in [-0.05, 0) is 43.5 Å². The zero-order valence-electron chi connectivity index (χ0n) is 14.5. The van der Waals surface area contributed by atoms with E-state index >= 15 is 0 Å². The van der Waals surface area contributed by atoms with Gasteiger partial charge in [0, 0.05) is 0 Å². The van der Waals surface area contributed by atoms with Gasteiger partial charge in [0.1, 0.15) is 5.75 Å². The molecule has 3 nitrogen and oxygen atoms in total. The van der Waals surface area contributed by atoms with Gasteiger partial charge in [-0.3, -0.25) is 4.74 Å². The number of halogens is 11. The molecular formula is C15H11F11O3. The van der Waals surface area contributed by atoms with Crippen LogP contribution in [0.1, 0.15) is 16.7 Å². The van der Waals surface area contributed by atoms with Crippen molar-refractivity contribution in [1.82, 2.24) is 0 Å². The maximum absolute atomic E-state index is 14.1. The van der Waals surface area contributed by atoms with E-state index in [1.807, 2.05) is 0 Å². The van der Waals surface area contributed by atoms with Crippen molar-refractivity contribution < 1.29 is 62.6 Å². The predicted molar refractivity (Wildman–Crippen MR) is 73.2 cm³/mol. The first-order valence-electron chi connectivity index (χ1n) is 7.25. The third-order valence-electron chi connectivity index (χ3n) is 3.58. The van der Waals surface area contributed by atoms with Crippen LogP contribution >= 0.6 is 0 Å². The molecule has 0 aromatic heterocycles. The molecule has 0 amide bonds. The Hall–Kier alpha value is -2.12. The molecule has 0 N–H and O–H groups in total. The average molecular weight is 448 g/mol. The fourth-order valence-electron chi connectivity index (χ4n) is 1.89. The highest BCUT2D eigenvalue weighted by atomic mass is 19.4. The van der Waals surface area contributed by atoms with Crippen LogP contribution in [0.5, 0.6) is 5.75 Å². The molecule has 0 saturated heterocycles. The monoisotopic (exact) mass is 448 g/mol. The molecule has 1 unspecified atom stereocenters. The largest absolute Gasteiger partial charge is 0.462 e. The molecular weight excluding hydrogens is 437 g/mol. The van der Waals surface area contributed by atoms with Gasteiger partial charge in [-0.1, -0.05) is 6.07 Å². The normalized spacial score (nSPS) is 15.8. The van der Waals surface area contributed by atoms with E-state index in [4.69, 9.17) is 0 Å². The summed E-state index contributed by atoms with van der Waals surface area (Å²) in [5.41, 5.74) is 0.474. The number of benzene rings is 1. The lowest BCUT2D eigenvalue weighted by Crippen LogP contribution is -2.62. The summed E-state index contributed by atoms with van der Waals surface area (Å²) >= 11 is 0. The highest BCUT2D eigenvalue weighted by Crippen LogP contribution is 2.51. The first-order valence-corrected chi connectivity index (χ1v) is 7.25. The molecule has 0 aliphatic heterocycles. The summed E-state index contributed by atoms with van der Waals surface area (Å²) in [6.07, 6.45) is -21.1. The van der Waals surface area contributed by atoms with Gasteiger partial charge in [0.2, 0.25) is 0 Å². The molecule has 0 saturated carbocycles. The summed E-state index contributed by atoms with van der Waals surface area (Å²) in [5, 5.41) is 0. The van der Waals surface area contributed by atoms with Crippen molar-refractivity contribution in [3.05, 3.63) is 28.8 Å². The summed E-state index contributed by atoms with van der Waals surface area (Å²) in [6, 6.07) is 2.31. The zero-order valence-corrected chi connectivity index (χ0v) is 14.5. The zero-order chi connectivity index (χ0) is 23.2. The van der Waals surface area contributed by atoms with Crippen LogP contribution in [0, 0.1) is 20.8 Å². The van der Waals surface area contributed by atoms with Crippen LogP contribution < -0.4 is 4.74 Å². The minimum atomic E-state index is -7.27. The van der Waals surface area contributed by atoms with Crippen LogP contribution in [-0.4, -0.2) is 36.2 Å². The standard InChI is InChI=1S/C15H11F11O3/c1-6-4-7(2)8(3)9(5-6)28-10(27)11(16,13(19,20)21)29-15(25,26)12(17,18)14(22,23)24/h4-5H,1-3H3. The summed E-state index contributed by atoms with van der Waals surface area (Å²) in [4.78, 5) is 11.6. The van der Waals surface area contributed by atoms with Gasteiger partial charge in [0.15, 0.2) is 0 Å². The van der Waals surface area contributed by atoms with Gasteiger partial charge < -0.3 is 4.74 Å². The van der Waals surface area contributed by atoms with E-state index in [-0.39, 0.29) is 11.1 Å². The van der Waals surface area contributed by atoms with Crippen molar-refractivity contribution in [2.75, 3.05) is 0 Å². The Morgan fingerprint density at radius 3 is 1.69 bits per heavy atom. The Morgan fingerprint density at radius 1 is 0.793 bits per heavy atom. The molecule has 0 heterocycles. The fourth-order valence-corrected chi connectivity index (χ4v) is 1.89. The van der Waals surface area contributed by atoms with Crippen molar-refractivity contribution in [1.29, 1.82) is 0 Å². The highest BCUT2D eigenvalue weighted by molar-refractivity contribution is 5.81. The lowest BCUT2D eigenvalue weighted by molar-refractivity contribution is -0.474. The number of hydrogen-bond acceptors (Lipinski definition) is 3. The van der Waals surface area contributed by atoms with Crippen molar-refractivity contribution in [2.24, 2.45) is 0 Å². The van der Waals surface area contributed by atoms with Gasteiger partial charge in [0.05, 0.1) is 0 Å². The van der Waals surface area contributed by atoms with E-state index < -0.39 is 42.0 Å². The smallest absolute Gasteiger partial charge is 0.422 e. The Morgan fingerprint density at radius 2 is 1.28 bits per heavy atom. The van der Waals surface area contributed by atoms with Crippen molar-refractivity contribution in [3.8, 4) is 5.75 Å². The first-order chi connectivity index (χ1) is 12.7. The summed E-state index contributed by atoms with van der Waals surface area (Å²) < 4.78 is 147. The SMILES string of the molecule is Cc1cc(C)c(C)c(OC(=O)C(F)(OC(F)(F)C(F)(F)C(F)(F)F)C(F)(F)F)c1. The van der Waals surface area contributed by atoms with Gasteiger partial charge in [-0.25, -0.2) is 4.79 Å². The summed E-state index contributed by atoms with van der Waals surface area (Å²) in [7, 11) is 0. The molecule has 0 fully saturated rings. The van der Waals surface area contributed by atoms with E-state index in [1.165, 1.54) is 19.9 Å². The van der Waals surface area contributed by atoms with Gasteiger partial charge in [0.25, 0.3) is 0 Å². The molecule has 1 aromatic rings. The van der Waals surface area contributed by atoms with Gasteiger partial charge >= 0.3 is 36.2 Å². The molecule has 1 atom stereocenters. The molecule has 0 aliphatic carbocycles. The fraction of sp³-hybridized carbons (Fsp3) is 0.533. The molecule has 1 aromatic carbocycles. The number of carbonyl (C=O) groups is 1. The lowest BCUT2D eigenvalue weighted by atomic mass is 10.1. The van der Waals surface area contributed by atoms with Crippen molar-refractivity contribution >= 4 is 5.97 Å². The molecule has 0 aliphatic rings. The van der Waals surface area contributed by atoms with E-state index in [2.05, 4.69) is 9.47 Å². The van der Waals surface area contributed by atoms with Crippen molar-refractivity contribution in [3.63, 3.8) is 0 Å². The van der Waals surface area contributed by atoms with E-state index in [0.717, 1.165) is 13.0 Å². The van der Waals surface area contributed by atoms with Crippen LogP contribution in [-0.2, 0) is 9.53 Å².